The number of aliphatic hydroxyl groups is 1. The molecule has 0 bridgehead atoms. The minimum absolute atomic E-state index is 0.0854. The molecule has 0 saturated carbocycles. The fourth-order valence-corrected chi connectivity index (χ4v) is 3.63. The van der Waals surface area contributed by atoms with Crippen molar-refractivity contribution in [1.29, 1.82) is 0 Å². The van der Waals surface area contributed by atoms with E-state index in [2.05, 4.69) is 10.4 Å². The predicted molar refractivity (Wildman–Crippen MR) is 133 cm³/mol. The van der Waals surface area contributed by atoms with Gasteiger partial charge in [0.2, 0.25) is 5.88 Å². The van der Waals surface area contributed by atoms with Crippen LogP contribution in [0.2, 0.25) is 10.0 Å². The van der Waals surface area contributed by atoms with Gasteiger partial charge >= 0.3 is 5.97 Å². The average molecular weight is 538 g/mol. The first-order chi connectivity index (χ1) is 16.9. The van der Waals surface area contributed by atoms with Gasteiger partial charge in [-0.15, -0.1) is 0 Å². The number of nitrogens with one attached hydrogen (secondary N) is 1. The zero-order valence-corrected chi connectivity index (χ0v) is 21.3. The standard InChI is InChI=1S/C25H26Cl2FN3O5/c1-14(2)25(3,35)13-36-21-11-20(30-31(21)16-7-4-6-15(28)10-16)24(34)29-19(12-22(32)33)17-8-5-9-18(26)23(17)27/h4-11,14,19,35H,12-13H2,1-3H3,(H,29,34)(H,32,33)/t19?,25-/m1/s1. The van der Waals surface area contributed by atoms with Crippen molar-refractivity contribution >= 4 is 35.1 Å². The Kier molecular flexibility index (Phi) is 8.60. The molecule has 0 aliphatic carbocycles. The van der Waals surface area contributed by atoms with Crippen LogP contribution in [0.25, 0.3) is 5.69 Å². The number of halogens is 3. The van der Waals surface area contributed by atoms with Crippen molar-refractivity contribution in [3.63, 3.8) is 0 Å². The maximum absolute atomic E-state index is 13.9. The van der Waals surface area contributed by atoms with Crippen LogP contribution in [-0.2, 0) is 4.79 Å². The molecule has 0 radical (unpaired) electrons. The molecule has 0 aliphatic heterocycles. The molecule has 2 atom stereocenters. The van der Waals surface area contributed by atoms with E-state index in [1.165, 1.54) is 28.9 Å². The lowest BCUT2D eigenvalue weighted by Gasteiger charge is -2.27. The van der Waals surface area contributed by atoms with Crippen LogP contribution < -0.4 is 10.1 Å². The van der Waals surface area contributed by atoms with Gasteiger partial charge < -0.3 is 20.3 Å². The quantitative estimate of drug-likeness (QED) is 0.333. The number of carboxylic acid groups (broad SMARTS) is 1. The lowest BCUT2D eigenvalue weighted by molar-refractivity contribution is -0.137. The second-order valence-corrected chi connectivity index (χ2v) is 9.61. The average Bonchev–Trinajstić information content (AvgIpc) is 3.23. The Hall–Kier alpha value is -3.14. The summed E-state index contributed by atoms with van der Waals surface area (Å²) in [6.07, 6.45) is -0.461. The highest BCUT2D eigenvalue weighted by molar-refractivity contribution is 6.42. The minimum Gasteiger partial charge on any atom is -0.481 e. The van der Waals surface area contributed by atoms with E-state index in [-0.39, 0.29) is 39.8 Å². The van der Waals surface area contributed by atoms with Gasteiger partial charge in [-0.05, 0) is 42.7 Å². The molecular weight excluding hydrogens is 512 g/mol. The molecule has 3 rings (SSSR count). The number of hydrogen-bond donors (Lipinski definition) is 3. The molecule has 1 unspecified atom stereocenters. The monoisotopic (exact) mass is 537 g/mol. The van der Waals surface area contributed by atoms with Gasteiger partial charge in [-0.25, -0.2) is 9.07 Å². The Balaban J connectivity index is 1.96. The van der Waals surface area contributed by atoms with Gasteiger partial charge in [-0.1, -0.05) is 55.2 Å². The lowest BCUT2D eigenvalue weighted by Crippen LogP contribution is -2.38. The first-order valence-corrected chi connectivity index (χ1v) is 11.8. The molecule has 1 aromatic heterocycles. The van der Waals surface area contributed by atoms with Crippen molar-refractivity contribution in [3.8, 4) is 11.6 Å². The number of carbonyl (C=O) groups is 2. The van der Waals surface area contributed by atoms with Crippen molar-refractivity contribution in [3.05, 3.63) is 75.7 Å². The van der Waals surface area contributed by atoms with E-state index in [1.54, 1.807) is 31.2 Å². The van der Waals surface area contributed by atoms with Crippen LogP contribution >= 0.6 is 23.2 Å². The van der Waals surface area contributed by atoms with Crippen molar-refractivity contribution in [2.75, 3.05) is 6.61 Å². The van der Waals surface area contributed by atoms with Crippen LogP contribution in [0.15, 0.2) is 48.5 Å². The van der Waals surface area contributed by atoms with Gasteiger partial charge in [0.15, 0.2) is 5.69 Å². The summed E-state index contributed by atoms with van der Waals surface area (Å²) < 4.78 is 20.9. The van der Waals surface area contributed by atoms with Crippen molar-refractivity contribution in [2.45, 2.75) is 38.8 Å². The molecular formula is C25H26Cl2FN3O5. The predicted octanol–water partition coefficient (Wildman–Crippen LogP) is 5.05. The Morgan fingerprint density at radius 2 is 1.89 bits per heavy atom. The number of carboxylic acids is 1. The van der Waals surface area contributed by atoms with E-state index in [0.717, 1.165) is 0 Å². The number of aromatic nitrogens is 2. The van der Waals surface area contributed by atoms with E-state index >= 15 is 0 Å². The van der Waals surface area contributed by atoms with E-state index in [1.807, 2.05) is 13.8 Å². The third-order valence-corrected chi connectivity index (χ3v) is 6.59. The molecule has 192 valence electrons. The Morgan fingerprint density at radius 3 is 2.53 bits per heavy atom. The highest BCUT2D eigenvalue weighted by atomic mass is 35.5. The highest BCUT2D eigenvalue weighted by Gasteiger charge is 2.28. The van der Waals surface area contributed by atoms with Gasteiger partial charge in [-0.3, -0.25) is 9.59 Å². The maximum Gasteiger partial charge on any atom is 0.305 e. The molecule has 2 aromatic carbocycles. The van der Waals surface area contributed by atoms with Crippen molar-refractivity contribution in [2.24, 2.45) is 5.92 Å². The molecule has 1 amide bonds. The highest BCUT2D eigenvalue weighted by Crippen LogP contribution is 2.32. The van der Waals surface area contributed by atoms with Crippen molar-refractivity contribution in [1.82, 2.24) is 15.1 Å². The smallest absolute Gasteiger partial charge is 0.305 e. The molecule has 0 aliphatic rings. The SMILES string of the molecule is CC(C)[C@](C)(O)COc1cc(C(=O)NC(CC(=O)O)c2cccc(Cl)c2Cl)nn1-c1cccc(F)c1. The van der Waals surface area contributed by atoms with Gasteiger partial charge in [0.25, 0.3) is 5.91 Å². The summed E-state index contributed by atoms with van der Waals surface area (Å²) in [5.74, 6) is -2.45. The van der Waals surface area contributed by atoms with Crippen LogP contribution in [0.5, 0.6) is 5.88 Å². The van der Waals surface area contributed by atoms with Gasteiger partial charge in [0, 0.05) is 6.07 Å². The molecule has 1 heterocycles. The van der Waals surface area contributed by atoms with E-state index < -0.39 is 35.8 Å². The number of carbonyl (C=O) groups excluding carboxylic acids is 1. The molecule has 0 saturated heterocycles. The third kappa shape index (κ3) is 6.54. The zero-order valence-electron chi connectivity index (χ0n) is 19.8. The molecule has 3 N–H and O–H groups in total. The van der Waals surface area contributed by atoms with E-state index in [4.69, 9.17) is 27.9 Å². The number of rotatable bonds is 10. The number of hydrogen-bond acceptors (Lipinski definition) is 5. The largest absolute Gasteiger partial charge is 0.481 e. The second-order valence-electron chi connectivity index (χ2n) is 8.83. The molecule has 0 spiro atoms. The molecule has 0 fully saturated rings. The zero-order chi connectivity index (χ0) is 26.6. The number of ether oxygens (including phenoxy) is 1. The Morgan fingerprint density at radius 1 is 1.19 bits per heavy atom. The fraction of sp³-hybridized carbons (Fsp3) is 0.320. The van der Waals surface area contributed by atoms with E-state index in [0.29, 0.717) is 5.56 Å². The first kappa shape index (κ1) is 27.4. The summed E-state index contributed by atoms with van der Waals surface area (Å²) in [7, 11) is 0. The van der Waals surface area contributed by atoms with Gasteiger partial charge in [0.1, 0.15) is 12.4 Å². The number of benzene rings is 2. The summed E-state index contributed by atoms with van der Waals surface area (Å²) in [5, 5.41) is 27.2. The normalized spacial score (nSPS) is 13.8. The third-order valence-electron chi connectivity index (χ3n) is 5.76. The number of aliphatic carboxylic acids is 1. The summed E-state index contributed by atoms with van der Waals surface area (Å²) in [5.41, 5.74) is -0.691. The number of nitrogens with zero attached hydrogens (tertiary/aromatic N) is 2. The van der Waals surface area contributed by atoms with Gasteiger partial charge in [-0.2, -0.15) is 5.10 Å². The van der Waals surface area contributed by atoms with Crippen LogP contribution in [-0.4, -0.2) is 44.1 Å². The molecule has 3 aromatic rings. The second kappa shape index (κ2) is 11.3. The summed E-state index contributed by atoms with van der Waals surface area (Å²) in [4.78, 5) is 24.6. The van der Waals surface area contributed by atoms with Crippen LogP contribution in [0.4, 0.5) is 4.39 Å². The summed E-state index contributed by atoms with van der Waals surface area (Å²) in [6, 6.07) is 10.5. The van der Waals surface area contributed by atoms with Gasteiger partial charge in [0.05, 0.1) is 33.8 Å². The first-order valence-electron chi connectivity index (χ1n) is 11.1. The molecule has 11 heteroatoms. The summed E-state index contributed by atoms with van der Waals surface area (Å²) >= 11 is 12.3. The molecule has 36 heavy (non-hydrogen) atoms. The minimum atomic E-state index is -1.19. The van der Waals surface area contributed by atoms with E-state index in [9.17, 15) is 24.2 Å². The maximum atomic E-state index is 13.9. The lowest BCUT2D eigenvalue weighted by atomic mass is 9.94. The topological polar surface area (TPSA) is 114 Å². The van der Waals surface area contributed by atoms with Crippen LogP contribution in [0.3, 0.4) is 0 Å². The van der Waals surface area contributed by atoms with Crippen LogP contribution in [0, 0.1) is 11.7 Å². The Bertz CT molecular complexity index is 1260. The number of amides is 1. The van der Waals surface area contributed by atoms with Crippen LogP contribution in [0.1, 0.15) is 49.3 Å². The summed E-state index contributed by atoms with van der Waals surface area (Å²) in [6.45, 7) is 5.15. The fourth-order valence-electron chi connectivity index (χ4n) is 3.19. The Labute approximate surface area is 217 Å². The molecule has 8 nitrogen and oxygen atoms in total. The van der Waals surface area contributed by atoms with Crippen molar-refractivity contribution < 1.29 is 28.9 Å².